The van der Waals surface area contributed by atoms with Gasteiger partial charge in [0.1, 0.15) is 5.92 Å². The molecule has 2 aromatic rings. The Kier molecular flexibility index (Phi) is 4.22. The summed E-state index contributed by atoms with van der Waals surface area (Å²) in [6, 6.07) is 14.9. The van der Waals surface area contributed by atoms with Crippen LogP contribution in [0.3, 0.4) is 0 Å². The van der Waals surface area contributed by atoms with Gasteiger partial charge in [0.25, 0.3) is 0 Å². The molecular weight excluding hydrogens is 326 g/mol. The molecule has 1 aliphatic rings. The zero-order valence-corrected chi connectivity index (χ0v) is 13.4. The highest BCUT2D eigenvalue weighted by atomic mass is 16.6. The lowest BCUT2D eigenvalue weighted by atomic mass is 9.77. The molecule has 7 heteroatoms. The summed E-state index contributed by atoms with van der Waals surface area (Å²) in [5.41, 5.74) is -0.898. The molecule has 0 spiro atoms. The van der Waals surface area contributed by atoms with Crippen molar-refractivity contribution in [1.82, 2.24) is 0 Å². The number of rotatable bonds is 5. The van der Waals surface area contributed by atoms with Gasteiger partial charge in [0.2, 0.25) is 12.1 Å². The lowest BCUT2D eigenvalue weighted by Gasteiger charge is -2.32. The molecule has 0 bridgehead atoms. The minimum atomic E-state index is -1.89. The third-order valence-corrected chi connectivity index (χ3v) is 4.31. The van der Waals surface area contributed by atoms with Crippen molar-refractivity contribution in [2.75, 3.05) is 13.7 Å². The lowest BCUT2D eigenvalue weighted by molar-refractivity contribution is -0.486. The van der Waals surface area contributed by atoms with Crippen molar-refractivity contribution >= 4 is 11.9 Å². The Bertz CT molecular complexity index is 834. The van der Waals surface area contributed by atoms with Crippen LogP contribution in [0.4, 0.5) is 0 Å². The maximum atomic E-state index is 12.7. The molecule has 0 unspecified atom stereocenters. The second kappa shape index (κ2) is 6.35. The fraction of sp³-hybridized carbons (Fsp3) is 0.222. The van der Waals surface area contributed by atoms with Gasteiger partial charge in [-0.05, 0) is 11.6 Å². The minimum absolute atomic E-state index is 0.206. The number of nitro groups is 1. The first-order chi connectivity index (χ1) is 12.0. The van der Waals surface area contributed by atoms with Gasteiger partial charge >= 0.3 is 11.9 Å². The fourth-order valence-electron chi connectivity index (χ4n) is 3.25. The molecule has 0 N–H and O–H groups in total. The van der Waals surface area contributed by atoms with Gasteiger partial charge in [-0.15, -0.1) is 0 Å². The summed E-state index contributed by atoms with van der Waals surface area (Å²) in [4.78, 5) is 35.8. The first-order valence-electron chi connectivity index (χ1n) is 7.58. The van der Waals surface area contributed by atoms with Crippen LogP contribution < -0.4 is 0 Å². The molecule has 0 radical (unpaired) electrons. The topological polar surface area (TPSA) is 95.7 Å². The van der Waals surface area contributed by atoms with Crippen molar-refractivity contribution in [3.63, 3.8) is 0 Å². The van der Waals surface area contributed by atoms with Crippen LogP contribution in [0.5, 0.6) is 0 Å². The van der Waals surface area contributed by atoms with Gasteiger partial charge in [0.15, 0.2) is 0 Å². The van der Waals surface area contributed by atoms with E-state index < -0.39 is 34.9 Å². The van der Waals surface area contributed by atoms with E-state index in [0.717, 1.165) is 7.11 Å². The van der Waals surface area contributed by atoms with E-state index in [1.807, 2.05) is 0 Å². The quantitative estimate of drug-likeness (QED) is 0.470. The highest BCUT2D eigenvalue weighted by Crippen LogP contribution is 2.47. The smallest absolute Gasteiger partial charge is 0.356 e. The van der Waals surface area contributed by atoms with Crippen LogP contribution in [0.15, 0.2) is 54.6 Å². The van der Waals surface area contributed by atoms with Crippen LogP contribution in [0.2, 0.25) is 0 Å². The molecule has 7 nitrogen and oxygen atoms in total. The number of carbonyl (C=O) groups is 2. The molecule has 0 aromatic heterocycles. The normalized spacial score (nSPS) is 19.6. The third kappa shape index (κ3) is 2.63. The number of fused-ring (bicyclic) bond motifs is 1. The third-order valence-electron chi connectivity index (χ3n) is 4.31. The van der Waals surface area contributed by atoms with E-state index in [2.05, 4.69) is 0 Å². The predicted molar refractivity (Wildman–Crippen MR) is 86.6 cm³/mol. The summed E-state index contributed by atoms with van der Waals surface area (Å²) in [7, 11) is 1.16. The maximum Gasteiger partial charge on any atom is 0.356 e. The standard InChI is InChI=1S/C18H15NO6/c1-24-17(21)18(14-10-6-5-9-13(14)16(20)25-18)15(11-19(22)23)12-7-3-2-4-8-12/h2-10,15H,11H2,1H3/t15-,18+/m0/s1. The number of esters is 2. The monoisotopic (exact) mass is 341 g/mol. The lowest BCUT2D eigenvalue weighted by Crippen LogP contribution is -2.45. The zero-order valence-electron chi connectivity index (χ0n) is 13.4. The number of carbonyl (C=O) groups excluding carboxylic acids is 2. The molecular formula is C18H15NO6. The van der Waals surface area contributed by atoms with Crippen molar-refractivity contribution in [2.24, 2.45) is 0 Å². The molecule has 3 rings (SSSR count). The Balaban J connectivity index is 2.26. The molecule has 1 heterocycles. The Morgan fingerprint density at radius 2 is 1.84 bits per heavy atom. The maximum absolute atomic E-state index is 12.7. The fourth-order valence-corrected chi connectivity index (χ4v) is 3.25. The number of nitrogens with zero attached hydrogens (tertiary/aromatic N) is 1. The van der Waals surface area contributed by atoms with Crippen LogP contribution in [-0.2, 0) is 19.9 Å². The molecule has 0 saturated heterocycles. The zero-order chi connectivity index (χ0) is 18.0. The number of hydrogen-bond acceptors (Lipinski definition) is 6. The molecule has 2 aromatic carbocycles. The molecule has 25 heavy (non-hydrogen) atoms. The number of ether oxygens (including phenoxy) is 2. The summed E-state index contributed by atoms with van der Waals surface area (Å²) in [6.07, 6.45) is 0. The van der Waals surface area contributed by atoms with E-state index in [1.165, 1.54) is 6.07 Å². The number of benzene rings is 2. The van der Waals surface area contributed by atoms with Gasteiger partial charge in [-0.1, -0.05) is 48.5 Å². The molecule has 0 amide bonds. The highest BCUT2D eigenvalue weighted by Gasteiger charge is 2.60. The van der Waals surface area contributed by atoms with Crippen LogP contribution in [0.25, 0.3) is 0 Å². The Morgan fingerprint density at radius 3 is 2.48 bits per heavy atom. The Labute approximate surface area is 143 Å². The number of hydrogen-bond donors (Lipinski definition) is 0. The summed E-state index contributed by atoms with van der Waals surface area (Å²) in [5, 5.41) is 11.3. The van der Waals surface area contributed by atoms with E-state index in [0.29, 0.717) is 5.56 Å². The van der Waals surface area contributed by atoms with Crippen LogP contribution in [-0.4, -0.2) is 30.5 Å². The number of cyclic esters (lactones) is 1. The summed E-state index contributed by atoms with van der Waals surface area (Å²) < 4.78 is 10.4. The largest absolute Gasteiger partial charge is 0.466 e. The van der Waals surface area contributed by atoms with E-state index >= 15 is 0 Å². The SMILES string of the molecule is COC(=O)[C@@]1([C@@H](C[N+](=O)[O-])c2ccccc2)OC(=O)c2ccccc21. The second-order valence-corrected chi connectivity index (χ2v) is 5.64. The van der Waals surface area contributed by atoms with Crippen molar-refractivity contribution < 1.29 is 24.0 Å². The average molecular weight is 341 g/mol. The van der Waals surface area contributed by atoms with Gasteiger partial charge in [0.05, 0.1) is 12.7 Å². The number of methoxy groups -OCH3 is 1. The summed E-state index contributed by atoms with van der Waals surface area (Å²) in [5.74, 6) is -2.57. The highest BCUT2D eigenvalue weighted by molar-refractivity contribution is 6.01. The van der Waals surface area contributed by atoms with Crippen LogP contribution in [0.1, 0.15) is 27.4 Å². The first-order valence-corrected chi connectivity index (χ1v) is 7.58. The summed E-state index contributed by atoms with van der Waals surface area (Å²) >= 11 is 0. The molecule has 0 fully saturated rings. The van der Waals surface area contributed by atoms with Gasteiger partial charge in [0, 0.05) is 10.5 Å². The molecule has 1 aliphatic heterocycles. The average Bonchev–Trinajstić information content (AvgIpc) is 2.93. The van der Waals surface area contributed by atoms with Crippen LogP contribution in [0, 0.1) is 10.1 Å². The first kappa shape index (κ1) is 16.6. The van der Waals surface area contributed by atoms with Crippen LogP contribution >= 0.6 is 0 Å². The van der Waals surface area contributed by atoms with Gasteiger partial charge < -0.3 is 9.47 Å². The molecule has 128 valence electrons. The Hall–Kier alpha value is -3.22. The summed E-state index contributed by atoms with van der Waals surface area (Å²) in [6.45, 7) is -0.597. The molecule has 0 aliphatic carbocycles. The van der Waals surface area contributed by atoms with Gasteiger partial charge in [-0.3, -0.25) is 10.1 Å². The van der Waals surface area contributed by atoms with Crippen molar-refractivity contribution in [3.8, 4) is 0 Å². The molecule has 0 saturated carbocycles. The van der Waals surface area contributed by atoms with E-state index in [1.54, 1.807) is 48.5 Å². The van der Waals surface area contributed by atoms with Crippen molar-refractivity contribution in [2.45, 2.75) is 11.5 Å². The second-order valence-electron chi connectivity index (χ2n) is 5.64. The van der Waals surface area contributed by atoms with Crippen molar-refractivity contribution in [1.29, 1.82) is 0 Å². The molecule has 2 atom stereocenters. The van der Waals surface area contributed by atoms with Crippen molar-refractivity contribution in [3.05, 3.63) is 81.4 Å². The van der Waals surface area contributed by atoms with E-state index in [-0.39, 0.29) is 11.1 Å². The predicted octanol–water partition coefficient (Wildman–Crippen LogP) is 2.29. The minimum Gasteiger partial charge on any atom is -0.466 e. The van der Waals surface area contributed by atoms with Gasteiger partial charge in [-0.2, -0.15) is 0 Å². The van der Waals surface area contributed by atoms with E-state index in [9.17, 15) is 19.7 Å². The van der Waals surface area contributed by atoms with E-state index in [4.69, 9.17) is 9.47 Å². The van der Waals surface area contributed by atoms with Gasteiger partial charge in [-0.25, -0.2) is 9.59 Å². The Morgan fingerprint density at radius 1 is 1.20 bits per heavy atom.